The van der Waals surface area contributed by atoms with Gasteiger partial charge in [-0.2, -0.15) is 0 Å². The van der Waals surface area contributed by atoms with Gasteiger partial charge in [0.1, 0.15) is 0 Å². The summed E-state index contributed by atoms with van der Waals surface area (Å²) in [4.78, 5) is 15.6. The second-order valence-corrected chi connectivity index (χ2v) is 8.95. The maximum absolute atomic E-state index is 11.2. The van der Waals surface area contributed by atoms with Gasteiger partial charge in [0.2, 0.25) is 0 Å². The molecule has 2 heterocycles. The molecule has 5 nitrogen and oxygen atoms in total. The Morgan fingerprint density at radius 2 is 1.90 bits per heavy atom. The second kappa shape index (κ2) is 7.89. The number of fused-ring (bicyclic) bond motifs is 3. The Morgan fingerprint density at radius 1 is 1.16 bits per heavy atom. The number of nitrogens with zero attached hydrogens (tertiary/aromatic N) is 2. The molecule has 0 bridgehead atoms. The highest BCUT2D eigenvalue weighted by Gasteiger charge is 2.59. The quantitative estimate of drug-likeness (QED) is 0.702. The zero-order valence-electron chi connectivity index (χ0n) is 18.6. The van der Waals surface area contributed by atoms with E-state index in [9.17, 15) is 9.90 Å². The van der Waals surface area contributed by atoms with E-state index in [0.717, 1.165) is 28.9 Å². The fourth-order valence-corrected chi connectivity index (χ4v) is 4.73. The van der Waals surface area contributed by atoms with E-state index in [1.807, 2.05) is 38.4 Å². The molecule has 2 aromatic rings. The molecular weight excluding hydrogens is 388 g/mol. The smallest absolute Gasteiger partial charge is 0.307 e. The van der Waals surface area contributed by atoms with Crippen LogP contribution in [0.1, 0.15) is 30.5 Å². The van der Waals surface area contributed by atoms with Crippen molar-refractivity contribution in [2.75, 3.05) is 37.0 Å². The lowest BCUT2D eigenvalue weighted by Gasteiger charge is -2.39. The zero-order valence-corrected chi connectivity index (χ0v) is 18.6. The van der Waals surface area contributed by atoms with E-state index in [2.05, 4.69) is 66.1 Å². The maximum Gasteiger partial charge on any atom is 0.307 e. The Morgan fingerprint density at radius 3 is 2.58 bits per heavy atom. The molecule has 1 atom stereocenters. The molecule has 0 radical (unpaired) electrons. The predicted octanol–water partition coefficient (Wildman–Crippen LogP) is 4.47. The monoisotopic (exact) mass is 418 g/mol. The van der Waals surface area contributed by atoms with E-state index in [1.165, 1.54) is 5.69 Å². The molecule has 1 saturated heterocycles. The molecule has 0 aliphatic carbocycles. The first-order valence-corrected chi connectivity index (χ1v) is 10.6. The first-order chi connectivity index (χ1) is 14.7. The van der Waals surface area contributed by atoms with E-state index in [-0.39, 0.29) is 11.8 Å². The van der Waals surface area contributed by atoms with Crippen LogP contribution in [0.3, 0.4) is 0 Å². The van der Waals surface area contributed by atoms with Gasteiger partial charge in [0.15, 0.2) is 5.72 Å². The van der Waals surface area contributed by atoms with Gasteiger partial charge in [-0.25, -0.2) is 0 Å². The summed E-state index contributed by atoms with van der Waals surface area (Å²) >= 11 is 0. The van der Waals surface area contributed by atoms with Crippen molar-refractivity contribution in [3.8, 4) is 0 Å². The molecule has 1 N–H and O–H groups in total. The molecule has 1 unspecified atom stereocenters. The summed E-state index contributed by atoms with van der Waals surface area (Å²) in [5, 5.41) is 9.18. The van der Waals surface area contributed by atoms with E-state index >= 15 is 0 Å². The standard InChI is InChI=1S/C26H30N2O3/c1-25(2)22-17-20(18-24(29)30)10-13-23(22)28-15-16-31-26(25,28)14-6-5-7-19-8-11-21(12-9-19)27(3)4/h5-14,17H,15-16,18H2,1-4H3,(H,29,30)/b7-5+,14-6+. The Balaban J connectivity index is 1.60. The first kappa shape index (κ1) is 21.2. The molecule has 0 spiro atoms. The fraction of sp³-hybridized carbons (Fsp3) is 0.346. The average Bonchev–Trinajstić information content (AvgIpc) is 3.22. The molecule has 1 fully saturated rings. The number of hydrogen-bond donors (Lipinski definition) is 1. The zero-order chi connectivity index (χ0) is 22.2. The Bertz CT molecular complexity index is 1040. The van der Waals surface area contributed by atoms with Crippen LogP contribution in [0.5, 0.6) is 0 Å². The number of carboxylic acid groups (broad SMARTS) is 1. The Hall–Kier alpha value is -3.05. The summed E-state index contributed by atoms with van der Waals surface area (Å²) in [7, 11) is 4.07. The summed E-state index contributed by atoms with van der Waals surface area (Å²) in [6.07, 6.45) is 8.37. The number of anilines is 2. The maximum atomic E-state index is 11.2. The molecule has 2 aromatic carbocycles. The topological polar surface area (TPSA) is 53.0 Å². The number of ether oxygens (including phenoxy) is 1. The van der Waals surface area contributed by atoms with Gasteiger partial charge in [0, 0.05) is 37.4 Å². The largest absolute Gasteiger partial charge is 0.481 e. The molecule has 0 amide bonds. The minimum atomic E-state index is -0.814. The van der Waals surface area contributed by atoms with Gasteiger partial charge in [0.25, 0.3) is 0 Å². The van der Waals surface area contributed by atoms with Gasteiger partial charge in [-0.1, -0.05) is 56.3 Å². The third kappa shape index (κ3) is 3.63. The van der Waals surface area contributed by atoms with Gasteiger partial charge in [-0.3, -0.25) is 4.79 Å². The van der Waals surface area contributed by atoms with Crippen molar-refractivity contribution in [2.45, 2.75) is 31.4 Å². The van der Waals surface area contributed by atoms with Crippen LogP contribution in [-0.2, 0) is 21.4 Å². The van der Waals surface area contributed by atoms with E-state index in [0.29, 0.717) is 6.61 Å². The molecule has 4 rings (SSSR count). The molecule has 162 valence electrons. The van der Waals surface area contributed by atoms with Crippen LogP contribution < -0.4 is 9.80 Å². The third-order valence-electron chi connectivity index (χ3n) is 6.45. The fourth-order valence-electron chi connectivity index (χ4n) is 4.73. The van der Waals surface area contributed by atoms with Gasteiger partial charge in [0.05, 0.1) is 13.0 Å². The van der Waals surface area contributed by atoms with Crippen LogP contribution in [0.25, 0.3) is 6.08 Å². The Kier molecular flexibility index (Phi) is 5.40. The van der Waals surface area contributed by atoms with Crippen molar-refractivity contribution in [2.24, 2.45) is 0 Å². The third-order valence-corrected chi connectivity index (χ3v) is 6.45. The van der Waals surface area contributed by atoms with Gasteiger partial charge < -0.3 is 19.6 Å². The number of allylic oxidation sites excluding steroid dienone is 2. The lowest BCUT2D eigenvalue weighted by Crippen LogP contribution is -2.51. The molecule has 5 heteroatoms. The van der Waals surface area contributed by atoms with E-state index < -0.39 is 11.7 Å². The number of hydrogen-bond acceptors (Lipinski definition) is 4. The predicted molar refractivity (Wildman–Crippen MR) is 126 cm³/mol. The second-order valence-electron chi connectivity index (χ2n) is 8.95. The summed E-state index contributed by atoms with van der Waals surface area (Å²) in [6.45, 7) is 5.83. The number of aliphatic carboxylic acids is 1. The van der Waals surface area contributed by atoms with E-state index in [4.69, 9.17) is 4.74 Å². The lowest BCUT2D eigenvalue weighted by atomic mass is 9.77. The normalized spacial score (nSPS) is 21.6. The molecule has 2 aliphatic heterocycles. The summed E-state index contributed by atoms with van der Waals surface area (Å²) in [5.41, 5.74) is 4.52. The summed E-state index contributed by atoms with van der Waals surface area (Å²) < 4.78 is 6.36. The Labute approximate surface area is 184 Å². The molecule has 2 aliphatic rings. The van der Waals surface area contributed by atoms with Crippen molar-refractivity contribution < 1.29 is 14.6 Å². The van der Waals surface area contributed by atoms with Crippen molar-refractivity contribution >= 4 is 23.4 Å². The molecule has 0 saturated carbocycles. The number of carboxylic acids is 1. The van der Waals surface area contributed by atoms with Crippen molar-refractivity contribution in [3.63, 3.8) is 0 Å². The molecular formula is C26H30N2O3. The van der Waals surface area contributed by atoms with Crippen LogP contribution in [0.2, 0.25) is 0 Å². The van der Waals surface area contributed by atoms with Crippen LogP contribution in [0.4, 0.5) is 11.4 Å². The van der Waals surface area contributed by atoms with Gasteiger partial charge in [-0.05, 0) is 41.0 Å². The first-order valence-electron chi connectivity index (χ1n) is 10.6. The van der Waals surface area contributed by atoms with Crippen molar-refractivity contribution in [1.29, 1.82) is 0 Å². The van der Waals surface area contributed by atoms with Crippen molar-refractivity contribution in [3.05, 3.63) is 77.4 Å². The SMILES string of the molecule is CN(C)c1ccc(/C=C/C=C/C23OCCN2c2ccc(CC(=O)O)cc2C3(C)C)cc1. The number of carbonyl (C=O) groups is 1. The summed E-state index contributed by atoms with van der Waals surface area (Å²) in [6, 6.07) is 14.4. The highest BCUT2D eigenvalue weighted by atomic mass is 16.5. The average molecular weight is 419 g/mol. The minimum absolute atomic E-state index is 0.0302. The van der Waals surface area contributed by atoms with Crippen LogP contribution in [-0.4, -0.2) is 44.0 Å². The molecule has 31 heavy (non-hydrogen) atoms. The van der Waals surface area contributed by atoms with Crippen molar-refractivity contribution in [1.82, 2.24) is 0 Å². The minimum Gasteiger partial charge on any atom is -0.481 e. The van der Waals surface area contributed by atoms with Crippen LogP contribution in [0.15, 0.2) is 60.7 Å². The van der Waals surface area contributed by atoms with Crippen LogP contribution >= 0.6 is 0 Å². The lowest BCUT2D eigenvalue weighted by molar-refractivity contribution is -0.136. The highest BCUT2D eigenvalue weighted by Crippen LogP contribution is 2.55. The molecule has 0 aromatic heterocycles. The highest BCUT2D eigenvalue weighted by molar-refractivity contribution is 5.73. The summed E-state index contributed by atoms with van der Waals surface area (Å²) in [5.74, 6) is -0.814. The van der Waals surface area contributed by atoms with Gasteiger partial charge >= 0.3 is 5.97 Å². The van der Waals surface area contributed by atoms with Gasteiger partial charge in [-0.15, -0.1) is 0 Å². The number of rotatable bonds is 6. The van der Waals surface area contributed by atoms with E-state index in [1.54, 1.807) is 0 Å². The number of benzene rings is 2. The van der Waals surface area contributed by atoms with Crippen LogP contribution in [0, 0.1) is 0 Å².